The van der Waals surface area contributed by atoms with E-state index >= 15 is 0 Å². The molecule has 0 saturated heterocycles. The number of carbonyl (C=O) groups excluding carboxylic acids is 1. The normalized spacial score (nSPS) is 22.0. The molecule has 1 amide bonds. The average molecular weight is 310 g/mol. The third-order valence-corrected chi connectivity index (χ3v) is 5.17. The summed E-state index contributed by atoms with van der Waals surface area (Å²) in [5.41, 5.74) is 5.86. The molecule has 0 spiro atoms. The van der Waals surface area contributed by atoms with Crippen molar-refractivity contribution >= 4 is 28.2 Å². The Hall–Kier alpha value is -1.30. The van der Waals surface area contributed by atoms with Gasteiger partial charge in [-0.15, -0.1) is 0 Å². The molecule has 1 saturated carbocycles. The zero-order valence-electron chi connectivity index (χ0n) is 12.9. The molecule has 0 aliphatic heterocycles. The van der Waals surface area contributed by atoms with Gasteiger partial charge in [0.05, 0.1) is 0 Å². The average Bonchev–Trinajstić information content (AvgIpc) is 2.87. The fourth-order valence-electron chi connectivity index (χ4n) is 2.77. The summed E-state index contributed by atoms with van der Waals surface area (Å²) in [6.45, 7) is 5.17. The number of nitrogens with one attached hydrogen (secondary N) is 2. The molecule has 1 aliphatic carbocycles. The minimum atomic E-state index is -0.0745. The van der Waals surface area contributed by atoms with Crippen LogP contribution in [0.15, 0.2) is 0 Å². The van der Waals surface area contributed by atoms with E-state index in [9.17, 15) is 4.79 Å². The lowest BCUT2D eigenvalue weighted by Crippen LogP contribution is -2.37. The number of amides is 1. The Kier molecular flexibility index (Phi) is 5.85. The fourth-order valence-corrected chi connectivity index (χ4v) is 3.58. The summed E-state index contributed by atoms with van der Waals surface area (Å²) in [5.74, 6) is 1.09. The molecule has 1 heterocycles. The van der Waals surface area contributed by atoms with Crippen molar-refractivity contribution in [3.8, 4) is 0 Å². The quantitative estimate of drug-likeness (QED) is 0.753. The summed E-state index contributed by atoms with van der Waals surface area (Å²) in [7, 11) is 0. The molecule has 1 aliphatic rings. The van der Waals surface area contributed by atoms with Gasteiger partial charge >= 0.3 is 0 Å². The van der Waals surface area contributed by atoms with Gasteiger partial charge in [0.25, 0.3) is 5.91 Å². The molecule has 5 nitrogen and oxygen atoms in total. The predicted octanol–water partition coefficient (Wildman–Crippen LogP) is 3.25. The van der Waals surface area contributed by atoms with Crippen molar-refractivity contribution in [1.82, 2.24) is 10.3 Å². The zero-order chi connectivity index (χ0) is 15.2. The van der Waals surface area contributed by atoms with E-state index in [0.717, 1.165) is 36.9 Å². The highest BCUT2D eigenvalue weighted by molar-refractivity contribution is 7.18. The van der Waals surface area contributed by atoms with Crippen molar-refractivity contribution in [2.45, 2.75) is 58.4 Å². The van der Waals surface area contributed by atoms with E-state index in [4.69, 9.17) is 5.73 Å². The van der Waals surface area contributed by atoms with E-state index < -0.39 is 0 Å². The highest BCUT2D eigenvalue weighted by atomic mass is 32.1. The van der Waals surface area contributed by atoms with E-state index in [-0.39, 0.29) is 11.9 Å². The van der Waals surface area contributed by atoms with Crippen LogP contribution in [0.5, 0.6) is 0 Å². The van der Waals surface area contributed by atoms with Crippen LogP contribution >= 0.6 is 11.3 Å². The second-order valence-corrected chi connectivity index (χ2v) is 6.76. The van der Waals surface area contributed by atoms with E-state index in [1.807, 2.05) is 0 Å². The van der Waals surface area contributed by atoms with Crippen LogP contribution in [0.4, 0.5) is 10.9 Å². The largest absolute Gasteiger partial charge is 0.382 e. The molecule has 0 unspecified atom stereocenters. The van der Waals surface area contributed by atoms with E-state index in [1.165, 1.54) is 30.6 Å². The van der Waals surface area contributed by atoms with Crippen molar-refractivity contribution in [1.29, 1.82) is 0 Å². The molecule has 118 valence electrons. The van der Waals surface area contributed by atoms with Gasteiger partial charge in [0, 0.05) is 12.6 Å². The molecule has 2 rings (SSSR count). The van der Waals surface area contributed by atoms with Gasteiger partial charge in [-0.05, 0) is 38.0 Å². The Labute approximate surface area is 130 Å². The lowest BCUT2D eigenvalue weighted by Gasteiger charge is -2.28. The maximum absolute atomic E-state index is 12.3. The first-order chi connectivity index (χ1) is 10.1. The Morgan fingerprint density at radius 2 is 2.05 bits per heavy atom. The number of rotatable bonds is 6. The minimum Gasteiger partial charge on any atom is -0.382 e. The number of hydrogen-bond acceptors (Lipinski definition) is 5. The molecule has 21 heavy (non-hydrogen) atoms. The highest BCUT2D eigenvalue weighted by Crippen LogP contribution is 2.28. The highest BCUT2D eigenvalue weighted by Gasteiger charge is 2.23. The lowest BCUT2D eigenvalue weighted by molar-refractivity contribution is 0.0926. The van der Waals surface area contributed by atoms with Crippen molar-refractivity contribution in [2.75, 3.05) is 17.6 Å². The number of anilines is 2. The third kappa shape index (κ3) is 4.33. The van der Waals surface area contributed by atoms with Crippen molar-refractivity contribution < 1.29 is 4.79 Å². The molecule has 0 bridgehead atoms. The van der Waals surface area contributed by atoms with Gasteiger partial charge in [0.1, 0.15) is 10.7 Å². The summed E-state index contributed by atoms with van der Waals surface area (Å²) < 4.78 is 0. The van der Waals surface area contributed by atoms with E-state index in [1.54, 1.807) is 0 Å². The fraction of sp³-hybridized carbons (Fsp3) is 0.733. The molecule has 0 atom stereocenters. The summed E-state index contributed by atoms with van der Waals surface area (Å²) in [6.07, 6.45) is 6.83. The van der Waals surface area contributed by atoms with Crippen LogP contribution in [0.1, 0.15) is 62.0 Å². The second-order valence-electron chi connectivity index (χ2n) is 5.76. The monoisotopic (exact) mass is 310 g/mol. The Bertz CT molecular complexity index is 466. The molecule has 0 aromatic carbocycles. The van der Waals surface area contributed by atoms with Gasteiger partial charge in [0.15, 0.2) is 5.13 Å². The molecular formula is C15H26N4OS. The van der Waals surface area contributed by atoms with Gasteiger partial charge in [-0.1, -0.05) is 31.6 Å². The molecule has 4 N–H and O–H groups in total. The second kappa shape index (κ2) is 7.64. The third-order valence-electron chi connectivity index (χ3n) is 4.15. The molecule has 1 aromatic rings. The van der Waals surface area contributed by atoms with Gasteiger partial charge in [-0.2, -0.15) is 0 Å². The predicted molar refractivity (Wildman–Crippen MR) is 88.8 cm³/mol. The lowest BCUT2D eigenvalue weighted by atomic mass is 9.84. The van der Waals surface area contributed by atoms with Crippen LogP contribution in [0.25, 0.3) is 0 Å². The van der Waals surface area contributed by atoms with Crippen molar-refractivity contribution in [2.24, 2.45) is 5.92 Å². The van der Waals surface area contributed by atoms with Crippen LogP contribution in [-0.4, -0.2) is 23.5 Å². The maximum atomic E-state index is 12.3. The number of thiazole rings is 1. The summed E-state index contributed by atoms with van der Waals surface area (Å²) in [5, 5.41) is 7.02. The standard InChI is InChI=1S/C15H26N4OS/c1-3-9-17-15-19-13(16)12(21-15)14(20)18-11-7-5-10(4-2)6-8-11/h10-11H,3-9,16H2,1-2H3,(H,17,19)(H,18,20). The number of hydrogen-bond donors (Lipinski definition) is 3. The summed E-state index contributed by atoms with van der Waals surface area (Å²) in [4.78, 5) is 17.1. The summed E-state index contributed by atoms with van der Waals surface area (Å²) in [6, 6.07) is 0.286. The topological polar surface area (TPSA) is 80.0 Å². The van der Waals surface area contributed by atoms with Crippen LogP contribution < -0.4 is 16.4 Å². The molecular weight excluding hydrogens is 284 g/mol. The first-order valence-corrected chi connectivity index (χ1v) is 8.76. The molecule has 1 aromatic heterocycles. The van der Waals surface area contributed by atoms with Gasteiger partial charge in [-0.3, -0.25) is 4.79 Å². The van der Waals surface area contributed by atoms with Gasteiger partial charge < -0.3 is 16.4 Å². The van der Waals surface area contributed by atoms with Gasteiger partial charge in [0.2, 0.25) is 0 Å². The Morgan fingerprint density at radius 3 is 2.67 bits per heavy atom. The van der Waals surface area contributed by atoms with Crippen molar-refractivity contribution in [3.63, 3.8) is 0 Å². The number of aromatic nitrogens is 1. The van der Waals surface area contributed by atoms with Crippen LogP contribution in [-0.2, 0) is 0 Å². The first kappa shape index (κ1) is 16.1. The zero-order valence-corrected chi connectivity index (χ0v) is 13.8. The van der Waals surface area contributed by atoms with Gasteiger partial charge in [-0.25, -0.2) is 4.98 Å². The van der Waals surface area contributed by atoms with Crippen molar-refractivity contribution in [3.05, 3.63) is 4.88 Å². The number of nitrogens with two attached hydrogens (primary N) is 1. The summed E-state index contributed by atoms with van der Waals surface area (Å²) >= 11 is 1.34. The number of carbonyl (C=O) groups is 1. The van der Waals surface area contributed by atoms with Crippen LogP contribution in [0.2, 0.25) is 0 Å². The molecule has 6 heteroatoms. The smallest absolute Gasteiger partial charge is 0.265 e. The van der Waals surface area contributed by atoms with E-state index in [2.05, 4.69) is 29.5 Å². The minimum absolute atomic E-state index is 0.0745. The van der Waals surface area contributed by atoms with E-state index in [0.29, 0.717) is 10.7 Å². The Morgan fingerprint density at radius 1 is 1.33 bits per heavy atom. The molecule has 0 radical (unpaired) electrons. The van der Waals surface area contributed by atoms with Crippen LogP contribution in [0, 0.1) is 5.92 Å². The number of nitrogen functional groups attached to an aromatic ring is 1. The number of nitrogens with zero attached hydrogens (tertiary/aromatic N) is 1. The Balaban J connectivity index is 1.90. The molecule has 1 fully saturated rings. The maximum Gasteiger partial charge on any atom is 0.265 e. The van der Waals surface area contributed by atoms with Crippen LogP contribution in [0.3, 0.4) is 0 Å². The SMILES string of the molecule is CCCNc1nc(N)c(C(=O)NC2CCC(CC)CC2)s1. The first-order valence-electron chi connectivity index (χ1n) is 7.95.